The van der Waals surface area contributed by atoms with Crippen molar-refractivity contribution in [3.8, 4) is 0 Å². The van der Waals surface area contributed by atoms with E-state index < -0.39 is 0 Å². The summed E-state index contributed by atoms with van der Waals surface area (Å²) in [6.07, 6.45) is 3.97. The van der Waals surface area contributed by atoms with Crippen molar-refractivity contribution < 1.29 is 4.90 Å². The van der Waals surface area contributed by atoms with Gasteiger partial charge >= 0.3 is 0 Å². The van der Waals surface area contributed by atoms with Crippen molar-refractivity contribution in [2.75, 3.05) is 52.2 Å². The molecule has 0 aromatic heterocycles. The highest BCUT2D eigenvalue weighted by atomic mass is 32.1. The third-order valence-corrected chi connectivity index (χ3v) is 4.80. The van der Waals surface area contributed by atoms with Gasteiger partial charge in [0.25, 0.3) is 0 Å². The Bertz CT molecular complexity index is 498. The van der Waals surface area contributed by atoms with Crippen molar-refractivity contribution in [1.82, 2.24) is 10.2 Å². The SMILES string of the molecule is CN(Cc1ccccc1N1CCCCC1)C(=S)NCC[NH+](C)C. The second-order valence-electron chi connectivity index (χ2n) is 6.72. The van der Waals surface area contributed by atoms with Crippen molar-refractivity contribution in [2.45, 2.75) is 25.8 Å². The minimum absolute atomic E-state index is 0.833. The molecule has 0 spiro atoms. The lowest BCUT2D eigenvalue weighted by atomic mass is 10.1. The summed E-state index contributed by atoms with van der Waals surface area (Å²) in [4.78, 5) is 6.10. The van der Waals surface area contributed by atoms with Gasteiger partial charge in [-0.25, -0.2) is 0 Å². The fourth-order valence-corrected chi connectivity index (χ4v) is 3.14. The highest BCUT2D eigenvalue weighted by molar-refractivity contribution is 7.80. The van der Waals surface area contributed by atoms with E-state index >= 15 is 0 Å². The quantitative estimate of drug-likeness (QED) is 0.761. The summed E-state index contributed by atoms with van der Waals surface area (Å²) >= 11 is 5.52. The first-order valence-electron chi connectivity index (χ1n) is 8.69. The van der Waals surface area contributed by atoms with Gasteiger partial charge in [-0.15, -0.1) is 0 Å². The second kappa shape index (κ2) is 9.08. The van der Waals surface area contributed by atoms with Crippen LogP contribution in [0.25, 0.3) is 0 Å². The predicted octanol–water partition coefficient (Wildman–Crippen LogP) is 1.13. The summed E-state index contributed by atoms with van der Waals surface area (Å²) in [5.74, 6) is 0. The molecule has 2 N–H and O–H groups in total. The molecule has 4 nitrogen and oxygen atoms in total. The molecule has 0 unspecified atom stereocenters. The van der Waals surface area contributed by atoms with Gasteiger partial charge in [-0.1, -0.05) is 18.2 Å². The number of thiocarbonyl (C=S) groups is 1. The minimum atomic E-state index is 0.833. The summed E-state index contributed by atoms with van der Waals surface area (Å²) in [6.45, 7) is 5.19. The lowest BCUT2D eigenvalue weighted by Gasteiger charge is -2.32. The molecule has 1 aromatic carbocycles. The van der Waals surface area contributed by atoms with Crippen LogP contribution in [-0.4, -0.2) is 57.3 Å². The molecule has 2 rings (SSSR count). The van der Waals surface area contributed by atoms with Gasteiger partial charge in [0.15, 0.2) is 5.11 Å². The number of quaternary nitrogens is 1. The molecule has 23 heavy (non-hydrogen) atoms. The zero-order valence-electron chi connectivity index (χ0n) is 14.8. The Morgan fingerprint density at radius 1 is 1.22 bits per heavy atom. The topological polar surface area (TPSA) is 22.9 Å². The molecule has 0 atom stereocenters. The van der Waals surface area contributed by atoms with E-state index in [1.807, 2.05) is 0 Å². The third-order valence-electron chi connectivity index (χ3n) is 4.34. The Labute approximate surface area is 146 Å². The Kier molecular flexibility index (Phi) is 7.12. The molecule has 1 heterocycles. The number of anilines is 1. The molecule has 1 saturated heterocycles. The van der Waals surface area contributed by atoms with Crippen molar-refractivity contribution in [3.63, 3.8) is 0 Å². The molecule has 128 valence electrons. The molecule has 1 aliphatic heterocycles. The predicted molar refractivity (Wildman–Crippen MR) is 102 cm³/mol. The smallest absolute Gasteiger partial charge is 0.169 e. The molecule has 0 amide bonds. The van der Waals surface area contributed by atoms with Gasteiger partial charge in [0.2, 0.25) is 0 Å². The Morgan fingerprint density at radius 2 is 1.91 bits per heavy atom. The Morgan fingerprint density at radius 3 is 2.61 bits per heavy atom. The fraction of sp³-hybridized carbons (Fsp3) is 0.611. The highest BCUT2D eigenvalue weighted by Crippen LogP contribution is 2.25. The molecule has 0 bridgehead atoms. The molecular weight excluding hydrogens is 304 g/mol. The number of nitrogens with zero attached hydrogens (tertiary/aromatic N) is 2. The van der Waals surface area contributed by atoms with E-state index in [0.717, 1.165) is 24.7 Å². The Hall–Kier alpha value is -1.33. The lowest BCUT2D eigenvalue weighted by molar-refractivity contribution is -0.856. The molecule has 0 saturated carbocycles. The van der Waals surface area contributed by atoms with Gasteiger partial charge in [0.05, 0.1) is 27.2 Å². The van der Waals surface area contributed by atoms with Crippen molar-refractivity contribution in [2.24, 2.45) is 0 Å². The van der Waals surface area contributed by atoms with E-state index in [1.165, 1.54) is 48.5 Å². The maximum Gasteiger partial charge on any atom is 0.169 e. The Balaban J connectivity index is 1.94. The molecule has 0 radical (unpaired) electrons. The van der Waals surface area contributed by atoms with Crippen LogP contribution in [0.1, 0.15) is 24.8 Å². The normalized spacial score (nSPS) is 14.9. The van der Waals surface area contributed by atoms with Crippen molar-refractivity contribution >= 4 is 23.0 Å². The number of piperidine rings is 1. The minimum Gasteiger partial charge on any atom is -0.371 e. The molecule has 1 aliphatic rings. The van der Waals surface area contributed by atoms with Crippen LogP contribution in [0.3, 0.4) is 0 Å². The summed E-state index contributed by atoms with van der Waals surface area (Å²) in [7, 11) is 6.39. The van der Waals surface area contributed by atoms with Gasteiger partial charge in [-0.3, -0.25) is 0 Å². The van der Waals surface area contributed by atoms with Crippen LogP contribution in [0.15, 0.2) is 24.3 Å². The van der Waals surface area contributed by atoms with E-state index in [0.29, 0.717) is 0 Å². The monoisotopic (exact) mass is 335 g/mol. The molecule has 1 aromatic rings. The van der Waals surface area contributed by atoms with Gasteiger partial charge in [0, 0.05) is 32.4 Å². The number of para-hydroxylation sites is 1. The van der Waals surface area contributed by atoms with E-state index in [2.05, 4.69) is 60.5 Å². The van der Waals surface area contributed by atoms with E-state index in [4.69, 9.17) is 12.2 Å². The molecule has 1 fully saturated rings. The van der Waals surface area contributed by atoms with Crippen molar-refractivity contribution in [1.29, 1.82) is 0 Å². The summed E-state index contributed by atoms with van der Waals surface area (Å²) in [6, 6.07) is 8.75. The van der Waals surface area contributed by atoms with Crippen LogP contribution >= 0.6 is 12.2 Å². The van der Waals surface area contributed by atoms with Crippen LogP contribution in [0.5, 0.6) is 0 Å². The highest BCUT2D eigenvalue weighted by Gasteiger charge is 2.15. The van der Waals surface area contributed by atoms with Gasteiger partial charge in [0.1, 0.15) is 0 Å². The number of benzene rings is 1. The average molecular weight is 336 g/mol. The van der Waals surface area contributed by atoms with E-state index in [9.17, 15) is 0 Å². The third kappa shape index (κ3) is 5.66. The lowest BCUT2D eigenvalue weighted by Crippen LogP contribution is -3.06. The number of hydrogen-bond donors (Lipinski definition) is 2. The fourth-order valence-electron chi connectivity index (χ4n) is 2.97. The van der Waals surface area contributed by atoms with Crippen LogP contribution in [0, 0.1) is 0 Å². The van der Waals surface area contributed by atoms with Crippen LogP contribution in [0.4, 0.5) is 5.69 Å². The first-order chi connectivity index (χ1) is 11.1. The first kappa shape index (κ1) is 18.0. The van der Waals surface area contributed by atoms with E-state index in [1.54, 1.807) is 0 Å². The first-order valence-corrected chi connectivity index (χ1v) is 9.09. The van der Waals surface area contributed by atoms with Gasteiger partial charge < -0.3 is 20.0 Å². The average Bonchev–Trinajstić information content (AvgIpc) is 2.55. The zero-order valence-corrected chi connectivity index (χ0v) is 15.6. The largest absolute Gasteiger partial charge is 0.371 e. The van der Waals surface area contributed by atoms with Crippen LogP contribution in [0.2, 0.25) is 0 Å². The van der Waals surface area contributed by atoms with E-state index in [-0.39, 0.29) is 0 Å². The summed E-state index contributed by atoms with van der Waals surface area (Å²) < 4.78 is 0. The summed E-state index contributed by atoms with van der Waals surface area (Å²) in [5, 5.41) is 4.19. The second-order valence-corrected chi connectivity index (χ2v) is 7.11. The molecule has 0 aliphatic carbocycles. The van der Waals surface area contributed by atoms with Crippen LogP contribution in [-0.2, 0) is 6.54 Å². The number of nitrogens with one attached hydrogen (secondary N) is 2. The van der Waals surface area contributed by atoms with Crippen LogP contribution < -0.4 is 15.1 Å². The van der Waals surface area contributed by atoms with Crippen molar-refractivity contribution in [3.05, 3.63) is 29.8 Å². The van der Waals surface area contributed by atoms with Gasteiger partial charge in [-0.05, 0) is 43.1 Å². The number of likely N-dealkylation sites (N-methyl/N-ethyl adjacent to an activating group) is 1. The summed E-state index contributed by atoms with van der Waals surface area (Å²) in [5.41, 5.74) is 2.74. The number of hydrogen-bond acceptors (Lipinski definition) is 2. The maximum absolute atomic E-state index is 5.52. The van der Waals surface area contributed by atoms with Gasteiger partial charge in [-0.2, -0.15) is 0 Å². The molecular formula is C18H31N4S+. The number of rotatable bonds is 6. The zero-order chi connectivity index (χ0) is 16.7. The molecule has 5 heteroatoms. The standard InChI is InChI=1S/C18H30N4S/c1-20(2)14-11-19-18(23)21(3)15-16-9-5-6-10-17(16)22-12-7-4-8-13-22/h5-6,9-10H,4,7-8,11-15H2,1-3H3,(H,19,23)/p+1. The maximum atomic E-state index is 5.52.